The predicted octanol–water partition coefficient (Wildman–Crippen LogP) is 5.55. The van der Waals surface area contributed by atoms with Crippen LogP contribution in [0.15, 0.2) is 60.9 Å². The van der Waals surface area contributed by atoms with Crippen molar-refractivity contribution < 1.29 is 4.39 Å². The number of rotatable bonds is 3. The van der Waals surface area contributed by atoms with Crippen LogP contribution in [0.1, 0.15) is 4.88 Å². The largest absolute Gasteiger partial charge is 0.340 e. The quantitative estimate of drug-likeness (QED) is 0.533. The van der Waals surface area contributed by atoms with Crippen molar-refractivity contribution in [3.63, 3.8) is 0 Å². The maximum Gasteiger partial charge on any atom is 0.143 e. The van der Waals surface area contributed by atoms with E-state index in [1.807, 2.05) is 18.2 Å². The van der Waals surface area contributed by atoms with Crippen LogP contribution in [0.4, 0.5) is 15.9 Å². The SMILES string of the molecule is Cc1sc2ncnc(Nc3ccc(F)cc3)c2c1-c1ccccc1. The molecule has 2 heterocycles. The van der Waals surface area contributed by atoms with E-state index >= 15 is 0 Å². The lowest BCUT2D eigenvalue weighted by molar-refractivity contribution is 0.628. The number of hydrogen-bond donors (Lipinski definition) is 1. The van der Waals surface area contributed by atoms with Gasteiger partial charge in [-0.1, -0.05) is 30.3 Å². The summed E-state index contributed by atoms with van der Waals surface area (Å²) >= 11 is 1.65. The van der Waals surface area contributed by atoms with E-state index in [1.165, 1.54) is 17.0 Å². The number of aryl methyl sites for hydroxylation is 1. The van der Waals surface area contributed by atoms with Crippen LogP contribution in [0.5, 0.6) is 0 Å². The summed E-state index contributed by atoms with van der Waals surface area (Å²) in [6, 6.07) is 16.5. The third kappa shape index (κ3) is 2.63. The molecule has 0 unspecified atom stereocenters. The highest BCUT2D eigenvalue weighted by molar-refractivity contribution is 7.19. The highest BCUT2D eigenvalue weighted by Gasteiger charge is 2.16. The van der Waals surface area contributed by atoms with Crippen molar-refractivity contribution >= 4 is 33.1 Å². The van der Waals surface area contributed by atoms with E-state index in [-0.39, 0.29) is 5.82 Å². The van der Waals surface area contributed by atoms with Crippen LogP contribution in [-0.4, -0.2) is 9.97 Å². The molecule has 118 valence electrons. The molecule has 4 rings (SSSR count). The third-order valence-corrected chi connectivity index (χ3v) is 4.85. The summed E-state index contributed by atoms with van der Waals surface area (Å²) in [4.78, 5) is 11.0. The van der Waals surface area contributed by atoms with E-state index in [1.54, 1.807) is 29.8 Å². The predicted molar refractivity (Wildman–Crippen MR) is 97.3 cm³/mol. The highest BCUT2D eigenvalue weighted by Crippen LogP contribution is 2.40. The molecule has 2 aromatic heterocycles. The average molecular weight is 335 g/mol. The van der Waals surface area contributed by atoms with Gasteiger partial charge < -0.3 is 5.32 Å². The average Bonchev–Trinajstić information content (AvgIpc) is 2.94. The first-order valence-electron chi connectivity index (χ1n) is 7.54. The first-order chi connectivity index (χ1) is 11.7. The minimum absolute atomic E-state index is 0.260. The Morgan fingerprint density at radius 1 is 0.958 bits per heavy atom. The number of hydrogen-bond acceptors (Lipinski definition) is 4. The molecule has 24 heavy (non-hydrogen) atoms. The molecule has 0 atom stereocenters. The Morgan fingerprint density at radius 3 is 2.46 bits per heavy atom. The Morgan fingerprint density at radius 2 is 1.71 bits per heavy atom. The second kappa shape index (κ2) is 6.02. The van der Waals surface area contributed by atoms with Crippen LogP contribution < -0.4 is 5.32 Å². The molecule has 0 aliphatic rings. The van der Waals surface area contributed by atoms with Crippen molar-refractivity contribution in [1.29, 1.82) is 0 Å². The number of benzene rings is 2. The molecule has 0 fully saturated rings. The molecule has 4 aromatic rings. The van der Waals surface area contributed by atoms with E-state index in [9.17, 15) is 4.39 Å². The first-order valence-corrected chi connectivity index (χ1v) is 8.36. The summed E-state index contributed by atoms with van der Waals surface area (Å²) in [5.41, 5.74) is 3.07. The van der Waals surface area contributed by atoms with Gasteiger partial charge in [-0.25, -0.2) is 14.4 Å². The maximum atomic E-state index is 13.1. The zero-order valence-electron chi connectivity index (χ0n) is 13.0. The van der Waals surface area contributed by atoms with Gasteiger partial charge in [0.25, 0.3) is 0 Å². The molecule has 0 radical (unpaired) electrons. The molecule has 2 aromatic carbocycles. The van der Waals surface area contributed by atoms with Gasteiger partial charge in [0.05, 0.1) is 5.39 Å². The summed E-state index contributed by atoms with van der Waals surface area (Å²) in [5.74, 6) is 0.472. The molecule has 0 saturated carbocycles. The fourth-order valence-electron chi connectivity index (χ4n) is 2.76. The third-order valence-electron chi connectivity index (χ3n) is 3.83. The van der Waals surface area contributed by atoms with Crippen molar-refractivity contribution in [2.24, 2.45) is 0 Å². The normalized spacial score (nSPS) is 10.9. The molecular formula is C19H14FN3S. The molecule has 0 bridgehead atoms. The molecular weight excluding hydrogens is 321 g/mol. The van der Waals surface area contributed by atoms with Crippen LogP contribution in [0, 0.1) is 12.7 Å². The minimum atomic E-state index is -0.260. The van der Waals surface area contributed by atoms with Crippen LogP contribution in [0.2, 0.25) is 0 Å². The Kier molecular flexibility index (Phi) is 3.70. The fraction of sp³-hybridized carbons (Fsp3) is 0.0526. The Hall–Kier alpha value is -2.79. The van der Waals surface area contributed by atoms with Crippen LogP contribution in [0.3, 0.4) is 0 Å². The summed E-state index contributed by atoms with van der Waals surface area (Å²) in [7, 11) is 0. The minimum Gasteiger partial charge on any atom is -0.340 e. The molecule has 1 N–H and O–H groups in total. The van der Waals surface area contributed by atoms with E-state index < -0.39 is 0 Å². The van der Waals surface area contributed by atoms with Gasteiger partial charge in [0.15, 0.2) is 0 Å². The summed E-state index contributed by atoms with van der Waals surface area (Å²) in [6.07, 6.45) is 1.55. The highest BCUT2D eigenvalue weighted by atomic mass is 32.1. The lowest BCUT2D eigenvalue weighted by Crippen LogP contribution is -1.95. The van der Waals surface area contributed by atoms with Gasteiger partial charge in [-0.3, -0.25) is 0 Å². The monoisotopic (exact) mass is 335 g/mol. The molecule has 0 saturated heterocycles. The number of nitrogens with zero attached hydrogens (tertiary/aromatic N) is 2. The van der Waals surface area contributed by atoms with Crippen LogP contribution in [-0.2, 0) is 0 Å². The fourth-order valence-corrected chi connectivity index (χ4v) is 3.77. The zero-order valence-corrected chi connectivity index (χ0v) is 13.8. The van der Waals surface area contributed by atoms with Crippen molar-refractivity contribution in [1.82, 2.24) is 9.97 Å². The molecule has 3 nitrogen and oxygen atoms in total. The second-order valence-corrected chi connectivity index (χ2v) is 6.64. The summed E-state index contributed by atoms with van der Waals surface area (Å²) in [6.45, 7) is 2.09. The maximum absolute atomic E-state index is 13.1. The van der Waals surface area contributed by atoms with Crippen LogP contribution >= 0.6 is 11.3 Å². The van der Waals surface area contributed by atoms with E-state index in [4.69, 9.17) is 0 Å². The Bertz CT molecular complexity index is 994. The Labute approximate surface area is 142 Å². The summed E-state index contributed by atoms with van der Waals surface area (Å²) in [5, 5.41) is 4.28. The smallest absolute Gasteiger partial charge is 0.143 e. The zero-order chi connectivity index (χ0) is 16.5. The molecule has 5 heteroatoms. The van der Waals surface area contributed by atoms with E-state index in [0.29, 0.717) is 0 Å². The molecule has 0 aliphatic carbocycles. The van der Waals surface area contributed by atoms with Gasteiger partial charge in [0, 0.05) is 16.1 Å². The lowest BCUT2D eigenvalue weighted by atomic mass is 10.0. The standard InChI is InChI=1S/C19H14FN3S/c1-12-16(13-5-3-2-4-6-13)17-18(21-11-22-19(17)24-12)23-15-9-7-14(20)8-10-15/h2-11H,1H3,(H,21,22,23). The number of thiophene rings is 1. The Balaban J connectivity index is 1.88. The van der Waals surface area contributed by atoms with Crippen LogP contribution in [0.25, 0.3) is 21.3 Å². The number of fused-ring (bicyclic) bond motifs is 1. The molecule has 0 aliphatic heterocycles. The number of nitrogens with one attached hydrogen (secondary N) is 1. The van der Waals surface area contributed by atoms with Gasteiger partial charge in [0.2, 0.25) is 0 Å². The van der Waals surface area contributed by atoms with Crippen molar-refractivity contribution in [2.45, 2.75) is 6.92 Å². The van der Waals surface area contributed by atoms with Gasteiger partial charge >= 0.3 is 0 Å². The summed E-state index contributed by atoms with van der Waals surface area (Å²) < 4.78 is 13.1. The van der Waals surface area contributed by atoms with Gasteiger partial charge in [-0.05, 0) is 36.8 Å². The number of aromatic nitrogens is 2. The first kappa shape index (κ1) is 14.8. The number of halogens is 1. The van der Waals surface area contributed by atoms with Gasteiger partial charge in [-0.2, -0.15) is 0 Å². The topological polar surface area (TPSA) is 37.8 Å². The molecule has 0 amide bonds. The van der Waals surface area contributed by atoms with Crippen molar-refractivity contribution in [3.8, 4) is 11.1 Å². The van der Waals surface area contributed by atoms with E-state index in [0.717, 1.165) is 32.8 Å². The van der Waals surface area contributed by atoms with Gasteiger partial charge in [0.1, 0.15) is 22.8 Å². The lowest BCUT2D eigenvalue weighted by Gasteiger charge is -2.09. The number of anilines is 2. The van der Waals surface area contributed by atoms with Crippen molar-refractivity contribution in [3.05, 3.63) is 71.6 Å². The van der Waals surface area contributed by atoms with Gasteiger partial charge in [-0.15, -0.1) is 11.3 Å². The second-order valence-electron chi connectivity index (χ2n) is 5.43. The van der Waals surface area contributed by atoms with Crippen molar-refractivity contribution in [2.75, 3.05) is 5.32 Å². The van der Waals surface area contributed by atoms with E-state index in [2.05, 4.69) is 34.3 Å². The molecule has 0 spiro atoms.